The first kappa shape index (κ1) is 22.6. The Bertz CT molecular complexity index is 637. The molecule has 2 aliphatic carbocycles. The molecule has 28 heavy (non-hydrogen) atoms. The fourth-order valence-corrected chi connectivity index (χ4v) is 7.25. The van der Waals surface area contributed by atoms with Crippen LogP contribution in [0, 0.1) is 23.7 Å². The molecule has 0 bridgehead atoms. The molecule has 2 aliphatic heterocycles. The molecule has 8 heteroatoms. The lowest BCUT2D eigenvalue weighted by molar-refractivity contribution is 0.186. The lowest BCUT2D eigenvalue weighted by Crippen LogP contribution is -2.47. The van der Waals surface area contributed by atoms with Gasteiger partial charge in [0.1, 0.15) is 0 Å². The first-order valence-corrected chi connectivity index (χ1v) is 12.7. The van der Waals surface area contributed by atoms with Gasteiger partial charge in [-0.15, -0.1) is 24.0 Å². The van der Waals surface area contributed by atoms with E-state index in [1.165, 1.54) is 38.5 Å². The van der Waals surface area contributed by atoms with Crippen LogP contribution >= 0.6 is 24.0 Å². The Morgan fingerprint density at radius 1 is 1.04 bits per heavy atom. The smallest absolute Gasteiger partial charge is 0.191 e. The van der Waals surface area contributed by atoms with Crippen molar-refractivity contribution in [3.05, 3.63) is 0 Å². The van der Waals surface area contributed by atoms with E-state index in [0.29, 0.717) is 30.0 Å². The minimum Gasteiger partial charge on any atom is -0.381 e. The van der Waals surface area contributed by atoms with Crippen molar-refractivity contribution in [1.29, 1.82) is 0 Å². The maximum atomic E-state index is 11.7. The predicted molar refractivity (Wildman–Crippen MR) is 123 cm³/mol. The van der Waals surface area contributed by atoms with Gasteiger partial charge in [-0.25, -0.2) is 8.42 Å². The molecule has 4 aliphatic rings. The highest BCUT2D eigenvalue weighted by molar-refractivity contribution is 14.0. The third-order valence-corrected chi connectivity index (χ3v) is 8.88. The summed E-state index contributed by atoms with van der Waals surface area (Å²) in [5.41, 5.74) is 0. The van der Waals surface area contributed by atoms with Gasteiger partial charge in [0.15, 0.2) is 15.8 Å². The molecule has 4 rings (SSSR count). The second-order valence-corrected chi connectivity index (χ2v) is 11.4. The zero-order valence-electron chi connectivity index (χ0n) is 16.8. The van der Waals surface area contributed by atoms with Crippen molar-refractivity contribution in [2.24, 2.45) is 28.7 Å². The predicted octanol–water partition coefficient (Wildman–Crippen LogP) is 2.58. The number of hydrogen-bond donors (Lipinski definition) is 2. The second-order valence-electron chi connectivity index (χ2n) is 9.17. The summed E-state index contributed by atoms with van der Waals surface area (Å²) in [7, 11) is -2.83. The molecule has 2 heterocycles. The lowest BCUT2D eigenvalue weighted by Gasteiger charge is -2.33. The normalized spacial score (nSPS) is 37.3. The molecule has 0 amide bonds. The molecule has 0 radical (unpaired) electrons. The number of sulfone groups is 1. The quantitative estimate of drug-likeness (QED) is 0.328. The van der Waals surface area contributed by atoms with Gasteiger partial charge in [0, 0.05) is 31.7 Å². The van der Waals surface area contributed by atoms with Crippen molar-refractivity contribution < 1.29 is 13.2 Å². The third-order valence-electron chi connectivity index (χ3n) is 7.05. The van der Waals surface area contributed by atoms with E-state index in [2.05, 4.69) is 10.6 Å². The number of guanidine groups is 1. The molecule has 5 atom stereocenters. The van der Waals surface area contributed by atoms with E-state index in [1.807, 2.05) is 0 Å². The van der Waals surface area contributed by atoms with Gasteiger partial charge in [0.25, 0.3) is 0 Å². The van der Waals surface area contributed by atoms with Gasteiger partial charge >= 0.3 is 0 Å². The Morgan fingerprint density at radius 2 is 1.89 bits per heavy atom. The standard InChI is InChI=1S/C20H35N3O3S.HI/c24-27(25)9-7-16(14-27)12-22-20(21-11-15-6-8-26-13-15)23-19-5-4-17-2-1-3-18(17)10-19;/h15-19H,1-14H2,(H2,21,22,23);1H. The summed E-state index contributed by atoms with van der Waals surface area (Å²) in [6, 6.07) is 0.503. The van der Waals surface area contributed by atoms with Gasteiger partial charge in [-0.2, -0.15) is 0 Å². The topological polar surface area (TPSA) is 79.8 Å². The number of nitrogens with zero attached hydrogens (tertiary/aromatic N) is 1. The van der Waals surface area contributed by atoms with Gasteiger partial charge in [0.2, 0.25) is 0 Å². The molecule has 0 spiro atoms. The summed E-state index contributed by atoms with van der Waals surface area (Å²) in [6.45, 7) is 3.17. The molecular formula is C20H36IN3O3S. The lowest BCUT2D eigenvalue weighted by atomic mass is 9.79. The fraction of sp³-hybridized carbons (Fsp3) is 0.950. The van der Waals surface area contributed by atoms with Crippen LogP contribution in [0.2, 0.25) is 0 Å². The van der Waals surface area contributed by atoms with Crippen LogP contribution in [0.3, 0.4) is 0 Å². The number of rotatable bonds is 5. The third kappa shape index (κ3) is 6.20. The van der Waals surface area contributed by atoms with Crippen molar-refractivity contribution in [2.75, 3.05) is 37.8 Å². The van der Waals surface area contributed by atoms with Crippen LogP contribution in [-0.2, 0) is 14.6 Å². The second kappa shape index (κ2) is 10.3. The zero-order chi connectivity index (χ0) is 18.7. The van der Waals surface area contributed by atoms with E-state index in [9.17, 15) is 8.42 Å². The summed E-state index contributed by atoms with van der Waals surface area (Å²) < 4.78 is 28.9. The number of hydrogen-bond acceptors (Lipinski definition) is 4. The van der Waals surface area contributed by atoms with E-state index in [1.54, 1.807) is 0 Å². The van der Waals surface area contributed by atoms with Crippen LogP contribution in [0.1, 0.15) is 51.4 Å². The zero-order valence-corrected chi connectivity index (χ0v) is 19.9. The number of fused-ring (bicyclic) bond motifs is 1. The van der Waals surface area contributed by atoms with Crippen LogP contribution < -0.4 is 10.6 Å². The molecule has 2 N–H and O–H groups in total. The highest BCUT2D eigenvalue weighted by atomic mass is 127. The maximum Gasteiger partial charge on any atom is 0.191 e. The monoisotopic (exact) mass is 525 g/mol. The van der Waals surface area contributed by atoms with Gasteiger partial charge in [-0.1, -0.05) is 19.3 Å². The summed E-state index contributed by atoms with van der Waals surface area (Å²) in [4.78, 5) is 4.80. The van der Waals surface area contributed by atoms with Crippen molar-refractivity contribution in [1.82, 2.24) is 10.6 Å². The summed E-state index contributed by atoms with van der Waals surface area (Å²) in [5.74, 6) is 4.08. The van der Waals surface area contributed by atoms with E-state index >= 15 is 0 Å². The molecule has 5 unspecified atom stereocenters. The number of aliphatic imine (C=N–C) groups is 1. The molecule has 2 saturated heterocycles. The van der Waals surface area contributed by atoms with Crippen LogP contribution in [0.5, 0.6) is 0 Å². The molecule has 0 aromatic heterocycles. The molecule has 0 aromatic carbocycles. The molecule has 2 saturated carbocycles. The Balaban J connectivity index is 0.00000225. The molecule has 162 valence electrons. The minimum absolute atomic E-state index is 0. The van der Waals surface area contributed by atoms with E-state index < -0.39 is 9.84 Å². The number of ether oxygens (including phenoxy) is 1. The highest BCUT2D eigenvalue weighted by Gasteiger charge is 2.34. The van der Waals surface area contributed by atoms with Crippen LogP contribution in [0.25, 0.3) is 0 Å². The maximum absolute atomic E-state index is 11.7. The van der Waals surface area contributed by atoms with E-state index in [4.69, 9.17) is 9.73 Å². The van der Waals surface area contributed by atoms with Gasteiger partial charge in [0.05, 0.1) is 18.1 Å². The van der Waals surface area contributed by atoms with E-state index in [0.717, 1.165) is 50.4 Å². The summed E-state index contributed by atoms with van der Waals surface area (Å²) >= 11 is 0. The molecule has 0 aromatic rings. The van der Waals surface area contributed by atoms with Gasteiger partial charge < -0.3 is 15.4 Å². The number of halogens is 1. The highest BCUT2D eigenvalue weighted by Crippen LogP contribution is 2.42. The first-order chi connectivity index (χ1) is 13.1. The van der Waals surface area contributed by atoms with Crippen LogP contribution in [-0.4, -0.2) is 58.2 Å². The van der Waals surface area contributed by atoms with E-state index in [-0.39, 0.29) is 29.9 Å². The summed E-state index contributed by atoms with van der Waals surface area (Å²) in [5, 5.41) is 7.21. The molecule has 6 nitrogen and oxygen atoms in total. The Kier molecular flexibility index (Phi) is 8.30. The Hall–Kier alpha value is -0.0900. The Morgan fingerprint density at radius 3 is 2.64 bits per heavy atom. The molecular weight excluding hydrogens is 489 g/mol. The largest absolute Gasteiger partial charge is 0.381 e. The molecule has 4 fully saturated rings. The SMILES string of the molecule is I.O=S1(=O)CCC(CN=C(NCC2CCOC2)NC2CCC3CCCC3C2)C1. The number of nitrogens with one attached hydrogen (secondary N) is 2. The van der Waals surface area contributed by atoms with Crippen molar-refractivity contribution in [3.63, 3.8) is 0 Å². The van der Waals surface area contributed by atoms with Crippen molar-refractivity contribution in [3.8, 4) is 0 Å². The van der Waals surface area contributed by atoms with Crippen molar-refractivity contribution in [2.45, 2.75) is 57.4 Å². The van der Waals surface area contributed by atoms with Crippen LogP contribution in [0.15, 0.2) is 4.99 Å². The first-order valence-electron chi connectivity index (χ1n) is 10.9. The van der Waals surface area contributed by atoms with Gasteiger partial charge in [-0.3, -0.25) is 4.99 Å². The summed E-state index contributed by atoms with van der Waals surface area (Å²) in [6.07, 6.45) is 9.90. The van der Waals surface area contributed by atoms with Crippen LogP contribution in [0.4, 0.5) is 0 Å². The van der Waals surface area contributed by atoms with Crippen molar-refractivity contribution >= 4 is 39.8 Å². The Labute approximate surface area is 187 Å². The fourth-order valence-electron chi connectivity index (χ4n) is 5.40. The van der Waals surface area contributed by atoms with Gasteiger partial charge in [-0.05, 0) is 49.9 Å². The average molecular weight is 525 g/mol. The average Bonchev–Trinajstić information content (AvgIpc) is 3.38. The minimum atomic E-state index is -2.83.